The van der Waals surface area contributed by atoms with Crippen molar-refractivity contribution < 1.29 is 17.4 Å². The van der Waals surface area contributed by atoms with Gasteiger partial charge in [0, 0.05) is 5.56 Å². The molecule has 0 amide bonds. The van der Waals surface area contributed by atoms with Crippen LogP contribution in [0.5, 0.6) is 5.75 Å². The minimum Gasteiger partial charge on any atom is -0.497 e. The Labute approximate surface area is 83.1 Å². The predicted molar refractivity (Wildman–Crippen MR) is 49.8 cm³/mol. The van der Waals surface area contributed by atoms with Gasteiger partial charge in [-0.3, -0.25) is 4.28 Å². The Morgan fingerprint density at radius 2 is 2.07 bits per heavy atom. The first-order valence-electron chi connectivity index (χ1n) is 3.79. The van der Waals surface area contributed by atoms with Crippen LogP contribution in [0.2, 0.25) is 0 Å². The Morgan fingerprint density at radius 3 is 2.57 bits per heavy atom. The lowest BCUT2D eigenvalue weighted by Crippen LogP contribution is -2.01. The summed E-state index contributed by atoms with van der Waals surface area (Å²) in [5.41, 5.74) is 0.691. The van der Waals surface area contributed by atoms with E-state index in [-0.39, 0.29) is 5.90 Å². The molecule has 1 aliphatic rings. The summed E-state index contributed by atoms with van der Waals surface area (Å²) < 4.78 is 24.8. The summed E-state index contributed by atoms with van der Waals surface area (Å²) >= 11 is -1.80. The van der Waals surface area contributed by atoms with E-state index >= 15 is 0 Å². The van der Waals surface area contributed by atoms with E-state index in [9.17, 15) is 4.21 Å². The lowest BCUT2D eigenvalue weighted by Gasteiger charge is -2.00. The standard InChI is InChI=1S/C8H7NO4S/c1-11-7-4-2-6(3-5-7)8-9-13-14(10)12-8/h2-5H,1H3. The Bertz CT molecular complexity index is 387. The first kappa shape index (κ1) is 9.01. The van der Waals surface area contributed by atoms with Crippen LogP contribution in [0, 0.1) is 0 Å². The molecule has 0 fully saturated rings. The molecule has 0 N–H and O–H groups in total. The highest BCUT2D eigenvalue weighted by Crippen LogP contribution is 2.15. The zero-order valence-electron chi connectivity index (χ0n) is 7.30. The van der Waals surface area contributed by atoms with E-state index < -0.39 is 11.4 Å². The Balaban J connectivity index is 2.21. The molecule has 5 nitrogen and oxygen atoms in total. The van der Waals surface area contributed by atoms with E-state index in [2.05, 4.69) is 9.44 Å². The summed E-state index contributed by atoms with van der Waals surface area (Å²) in [6.45, 7) is 0. The quantitative estimate of drug-likeness (QED) is 0.734. The summed E-state index contributed by atoms with van der Waals surface area (Å²) in [5.74, 6) is 0.945. The van der Waals surface area contributed by atoms with Crippen molar-refractivity contribution in [3.05, 3.63) is 29.8 Å². The summed E-state index contributed by atoms with van der Waals surface area (Å²) in [5, 5.41) is 3.50. The van der Waals surface area contributed by atoms with Gasteiger partial charge in [-0.1, -0.05) is 0 Å². The van der Waals surface area contributed by atoms with Crippen molar-refractivity contribution in [3.63, 3.8) is 0 Å². The largest absolute Gasteiger partial charge is 0.497 e. The van der Waals surface area contributed by atoms with Gasteiger partial charge in [0.15, 0.2) is 0 Å². The normalized spacial score (nSPS) is 19.5. The third kappa shape index (κ3) is 1.69. The summed E-state index contributed by atoms with van der Waals surface area (Å²) in [4.78, 5) is 0. The van der Waals surface area contributed by atoms with Gasteiger partial charge < -0.3 is 8.92 Å². The molecule has 0 saturated heterocycles. The second kappa shape index (κ2) is 3.67. The van der Waals surface area contributed by atoms with Crippen molar-refractivity contribution in [2.45, 2.75) is 0 Å². The van der Waals surface area contributed by atoms with Gasteiger partial charge in [0.05, 0.1) is 7.11 Å². The van der Waals surface area contributed by atoms with Crippen LogP contribution >= 0.6 is 0 Å². The number of benzene rings is 1. The van der Waals surface area contributed by atoms with E-state index in [1.807, 2.05) is 0 Å². The molecule has 0 bridgehead atoms. The fourth-order valence-corrected chi connectivity index (χ4v) is 1.41. The number of hydrogen-bond acceptors (Lipinski definition) is 5. The van der Waals surface area contributed by atoms with Gasteiger partial charge in [0.25, 0.3) is 5.90 Å². The monoisotopic (exact) mass is 213 g/mol. The Hall–Kier alpha value is -1.56. The van der Waals surface area contributed by atoms with Crippen molar-refractivity contribution >= 4 is 17.3 Å². The minimum absolute atomic E-state index is 0.214. The van der Waals surface area contributed by atoms with Gasteiger partial charge in [0.2, 0.25) is 0 Å². The molecular formula is C8H7NO4S. The number of ether oxygens (including phenoxy) is 1. The molecule has 14 heavy (non-hydrogen) atoms. The molecule has 0 radical (unpaired) electrons. The molecule has 2 rings (SSSR count). The highest BCUT2D eigenvalue weighted by molar-refractivity contribution is 7.75. The van der Waals surface area contributed by atoms with Gasteiger partial charge in [0.1, 0.15) is 5.75 Å². The summed E-state index contributed by atoms with van der Waals surface area (Å²) in [6.07, 6.45) is 0. The molecule has 1 atom stereocenters. The fourth-order valence-electron chi connectivity index (χ4n) is 0.994. The zero-order chi connectivity index (χ0) is 9.97. The Morgan fingerprint density at radius 1 is 1.36 bits per heavy atom. The van der Waals surface area contributed by atoms with Crippen LogP contribution in [0.15, 0.2) is 29.4 Å². The van der Waals surface area contributed by atoms with Crippen LogP contribution in [-0.4, -0.2) is 17.2 Å². The third-order valence-corrected chi connectivity index (χ3v) is 2.16. The lowest BCUT2D eigenvalue weighted by molar-refractivity contribution is 0.371. The predicted octanol–water partition coefficient (Wildman–Crippen LogP) is 0.982. The SMILES string of the molecule is COc1ccc(C2=NOS(=O)O2)cc1. The van der Waals surface area contributed by atoms with E-state index in [1.54, 1.807) is 31.4 Å². The molecule has 74 valence electrons. The molecule has 1 aliphatic heterocycles. The number of methoxy groups -OCH3 is 1. The number of hydrogen-bond donors (Lipinski definition) is 0. The maximum absolute atomic E-state index is 10.7. The van der Waals surface area contributed by atoms with Crippen LogP contribution in [0.4, 0.5) is 0 Å². The average Bonchev–Trinajstić information content (AvgIpc) is 2.65. The highest BCUT2D eigenvalue weighted by atomic mass is 32.2. The van der Waals surface area contributed by atoms with Gasteiger partial charge >= 0.3 is 11.4 Å². The zero-order valence-corrected chi connectivity index (χ0v) is 8.11. The van der Waals surface area contributed by atoms with Crippen LogP contribution in [-0.2, 0) is 19.8 Å². The first-order chi connectivity index (χ1) is 6.79. The molecule has 0 spiro atoms. The highest BCUT2D eigenvalue weighted by Gasteiger charge is 2.19. The van der Waals surface area contributed by atoms with Crippen LogP contribution in [0.3, 0.4) is 0 Å². The molecule has 0 saturated carbocycles. The van der Waals surface area contributed by atoms with E-state index in [1.165, 1.54) is 0 Å². The van der Waals surface area contributed by atoms with E-state index in [0.717, 1.165) is 5.75 Å². The molecule has 6 heteroatoms. The van der Waals surface area contributed by atoms with Crippen molar-refractivity contribution in [2.24, 2.45) is 5.16 Å². The van der Waals surface area contributed by atoms with Crippen molar-refractivity contribution in [3.8, 4) is 5.75 Å². The molecule has 1 aromatic carbocycles. The smallest absolute Gasteiger partial charge is 0.441 e. The topological polar surface area (TPSA) is 57.1 Å². The minimum atomic E-state index is -1.80. The second-order valence-corrected chi connectivity index (χ2v) is 3.21. The fraction of sp³-hybridized carbons (Fsp3) is 0.125. The second-order valence-electron chi connectivity index (χ2n) is 2.49. The summed E-state index contributed by atoms with van der Waals surface area (Å²) in [6, 6.07) is 6.98. The Kier molecular flexibility index (Phi) is 2.36. The maximum Gasteiger partial charge on any atom is 0.441 e. The van der Waals surface area contributed by atoms with Gasteiger partial charge in [-0.2, -0.15) is 4.21 Å². The van der Waals surface area contributed by atoms with Gasteiger partial charge in [-0.15, -0.1) is 0 Å². The van der Waals surface area contributed by atoms with Crippen LogP contribution < -0.4 is 4.74 Å². The maximum atomic E-state index is 10.7. The third-order valence-electron chi connectivity index (χ3n) is 1.66. The van der Waals surface area contributed by atoms with Crippen LogP contribution in [0.25, 0.3) is 0 Å². The van der Waals surface area contributed by atoms with E-state index in [4.69, 9.17) is 8.92 Å². The molecular weight excluding hydrogens is 206 g/mol. The number of nitrogens with zero attached hydrogens (tertiary/aromatic N) is 1. The van der Waals surface area contributed by atoms with Crippen LogP contribution in [0.1, 0.15) is 5.56 Å². The molecule has 0 aliphatic carbocycles. The van der Waals surface area contributed by atoms with Gasteiger partial charge in [-0.25, -0.2) is 0 Å². The molecule has 1 aromatic rings. The lowest BCUT2D eigenvalue weighted by atomic mass is 10.2. The average molecular weight is 213 g/mol. The van der Waals surface area contributed by atoms with Crippen molar-refractivity contribution in [2.75, 3.05) is 7.11 Å². The molecule has 1 heterocycles. The number of oxime groups is 1. The summed E-state index contributed by atoms with van der Waals surface area (Å²) in [7, 11) is 1.58. The van der Waals surface area contributed by atoms with E-state index in [0.29, 0.717) is 5.56 Å². The van der Waals surface area contributed by atoms with Gasteiger partial charge in [-0.05, 0) is 29.4 Å². The van der Waals surface area contributed by atoms with Crippen molar-refractivity contribution in [1.29, 1.82) is 0 Å². The molecule has 1 unspecified atom stereocenters. The van der Waals surface area contributed by atoms with Crippen molar-refractivity contribution in [1.82, 2.24) is 0 Å². The first-order valence-corrected chi connectivity index (χ1v) is 4.79. The molecule has 0 aromatic heterocycles. The number of rotatable bonds is 2.